The predicted molar refractivity (Wildman–Crippen MR) is 77.2 cm³/mol. The van der Waals surface area contributed by atoms with Crippen LogP contribution in [0.2, 0.25) is 10.2 Å². The summed E-state index contributed by atoms with van der Waals surface area (Å²) in [5, 5.41) is 0.301. The van der Waals surface area contributed by atoms with Gasteiger partial charge in [0.25, 0.3) is 0 Å². The summed E-state index contributed by atoms with van der Waals surface area (Å²) in [6.07, 6.45) is 0. The molecule has 0 fully saturated rings. The zero-order valence-electron chi connectivity index (χ0n) is 9.94. The van der Waals surface area contributed by atoms with Gasteiger partial charge in [0.05, 0.1) is 10.5 Å². The molecule has 7 heteroatoms. The van der Waals surface area contributed by atoms with Gasteiger partial charge >= 0.3 is 0 Å². The standard InChI is InChI=1S/C13H7Cl2FN4/c14-7-5-6(1-2-8(7)16)11-12-9(18-13(17)20-11)3-4-10(15)19-12/h1-5H,(H2,17,18,20). The molecule has 0 aliphatic carbocycles. The number of pyridine rings is 1. The predicted octanol–water partition coefficient (Wildman–Crippen LogP) is 3.72. The lowest BCUT2D eigenvalue weighted by molar-refractivity contribution is 0.628. The van der Waals surface area contributed by atoms with Gasteiger partial charge in [0.2, 0.25) is 5.95 Å². The van der Waals surface area contributed by atoms with E-state index in [4.69, 9.17) is 28.9 Å². The molecular formula is C13H7Cl2FN4. The zero-order valence-corrected chi connectivity index (χ0v) is 11.5. The van der Waals surface area contributed by atoms with Crippen LogP contribution in [0.15, 0.2) is 30.3 Å². The van der Waals surface area contributed by atoms with Crippen LogP contribution in [0.4, 0.5) is 10.3 Å². The van der Waals surface area contributed by atoms with Gasteiger partial charge in [-0.3, -0.25) is 0 Å². The van der Waals surface area contributed by atoms with Crippen molar-refractivity contribution in [2.24, 2.45) is 0 Å². The van der Waals surface area contributed by atoms with Crippen LogP contribution in [0, 0.1) is 5.82 Å². The Labute approximate surface area is 123 Å². The van der Waals surface area contributed by atoms with Gasteiger partial charge in [0.1, 0.15) is 22.2 Å². The van der Waals surface area contributed by atoms with E-state index in [1.807, 2.05) is 0 Å². The van der Waals surface area contributed by atoms with E-state index in [-0.39, 0.29) is 11.0 Å². The lowest BCUT2D eigenvalue weighted by Gasteiger charge is -2.07. The average molecular weight is 309 g/mol. The maximum atomic E-state index is 13.2. The van der Waals surface area contributed by atoms with Crippen molar-refractivity contribution in [1.29, 1.82) is 0 Å². The van der Waals surface area contributed by atoms with Gasteiger partial charge in [-0.25, -0.2) is 19.3 Å². The van der Waals surface area contributed by atoms with Crippen LogP contribution in [-0.4, -0.2) is 15.0 Å². The summed E-state index contributed by atoms with van der Waals surface area (Å²) in [6, 6.07) is 7.56. The molecule has 0 unspecified atom stereocenters. The number of benzene rings is 1. The zero-order chi connectivity index (χ0) is 14.3. The Morgan fingerprint density at radius 2 is 1.80 bits per heavy atom. The molecule has 2 heterocycles. The molecule has 0 amide bonds. The van der Waals surface area contributed by atoms with Crippen molar-refractivity contribution < 1.29 is 4.39 Å². The fourth-order valence-electron chi connectivity index (χ4n) is 1.85. The van der Waals surface area contributed by atoms with Crippen LogP contribution in [0.25, 0.3) is 22.3 Å². The van der Waals surface area contributed by atoms with Crippen molar-refractivity contribution in [3.8, 4) is 11.3 Å². The monoisotopic (exact) mass is 308 g/mol. The van der Waals surface area contributed by atoms with Gasteiger partial charge in [0, 0.05) is 5.56 Å². The highest BCUT2D eigenvalue weighted by Crippen LogP contribution is 2.29. The molecule has 1 aromatic carbocycles. The van der Waals surface area contributed by atoms with Crippen molar-refractivity contribution in [2.75, 3.05) is 5.73 Å². The number of aromatic nitrogens is 3. The summed E-state index contributed by atoms with van der Waals surface area (Å²) in [5.74, 6) is -0.412. The normalized spacial score (nSPS) is 10.9. The summed E-state index contributed by atoms with van der Waals surface area (Å²) in [7, 11) is 0. The van der Waals surface area contributed by atoms with Crippen LogP contribution in [-0.2, 0) is 0 Å². The fraction of sp³-hybridized carbons (Fsp3) is 0. The van der Waals surface area contributed by atoms with Gasteiger partial charge in [-0.1, -0.05) is 23.2 Å². The molecule has 0 bridgehead atoms. The summed E-state index contributed by atoms with van der Waals surface area (Å²) in [4.78, 5) is 12.4. The first-order valence-corrected chi connectivity index (χ1v) is 6.35. The topological polar surface area (TPSA) is 64.7 Å². The first kappa shape index (κ1) is 13.0. The van der Waals surface area contributed by atoms with E-state index >= 15 is 0 Å². The maximum Gasteiger partial charge on any atom is 0.221 e. The third-order valence-electron chi connectivity index (χ3n) is 2.72. The van der Waals surface area contributed by atoms with E-state index in [1.54, 1.807) is 18.2 Å². The highest BCUT2D eigenvalue weighted by Gasteiger charge is 2.12. The highest BCUT2D eigenvalue weighted by atomic mass is 35.5. The van der Waals surface area contributed by atoms with Crippen LogP contribution in [0.5, 0.6) is 0 Å². The van der Waals surface area contributed by atoms with Crippen molar-refractivity contribution >= 4 is 40.2 Å². The minimum absolute atomic E-state index is 0.00476. The van der Waals surface area contributed by atoms with E-state index < -0.39 is 5.82 Å². The summed E-state index contributed by atoms with van der Waals surface area (Å²) >= 11 is 11.7. The molecule has 100 valence electrons. The Bertz CT molecular complexity index is 823. The minimum Gasteiger partial charge on any atom is -0.368 e. The van der Waals surface area contributed by atoms with Gasteiger partial charge in [-0.2, -0.15) is 0 Å². The lowest BCUT2D eigenvalue weighted by atomic mass is 10.1. The summed E-state index contributed by atoms with van der Waals surface area (Å²) in [5.41, 5.74) is 7.76. The molecule has 20 heavy (non-hydrogen) atoms. The number of fused-ring (bicyclic) bond motifs is 1. The molecule has 0 aliphatic rings. The van der Waals surface area contributed by atoms with Crippen molar-refractivity contribution in [3.05, 3.63) is 46.3 Å². The van der Waals surface area contributed by atoms with Crippen molar-refractivity contribution in [3.63, 3.8) is 0 Å². The van der Waals surface area contributed by atoms with Crippen molar-refractivity contribution in [1.82, 2.24) is 15.0 Å². The van der Waals surface area contributed by atoms with Gasteiger partial charge in [0.15, 0.2) is 0 Å². The Balaban J connectivity index is 2.33. The first-order chi connectivity index (χ1) is 9.54. The smallest absolute Gasteiger partial charge is 0.221 e. The molecule has 0 atom stereocenters. The number of anilines is 1. The number of nitrogens with zero attached hydrogens (tertiary/aromatic N) is 3. The molecule has 0 radical (unpaired) electrons. The second-order valence-electron chi connectivity index (χ2n) is 4.06. The maximum absolute atomic E-state index is 13.2. The number of halogens is 3. The highest BCUT2D eigenvalue weighted by molar-refractivity contribution is 6.31. The van der Waals surface area contributed by atoms with Gasteiger partial charge in [-0.05, 0) is 30.3 Å². The van der Waals surface area contributed by atoms with Crippen LogP contribution >= 0.6 is 23.2 Å². The second kappa shape index (κ2) is 4.85. The fourth-order valence-corrected chi connectivity index (χ4v) is 2.18. The Morgan fingerprint density at radius 3 is 2.55 bits per heavy atom. The number of hydrogen-bond acceptors (Lipinski definition) is 4. The number of nitrogen functional groups attached to an aromatic ring is 1. The third kappa shape index (κ3) is 2.26. The first-order valence-electron chi connectivity index (χ1n) is 5.60. The van der Waals surface area contributed by atoms with E-state index in [9.17, 15) is 4.39 Å². The van der Waals surface area contributed by atoms with Gasteiger partial charge < -0.3 is 5.73 Å². The molecule has 0 aliphatic heterocycles. The van der Waals surface area contributed by atoms with Crippen LogP contribution < -0.4 is 5.73 Å². The Kier molecular flexibility index (Phi) is 3.16. The molecule has 2 aromatic heterocycles. The molecule has 0 saturated heterocycles. The lowest BCUT2D eigenvalue weighted by Crippen LogP contribution is -1.99. The van der Waals surface area contributed by atoms with E-state index in [0.717, 1.165) is 0 Å². The van der Waals surface area contributed by atoms with E-state index in [0.29, 0.717) is 27.4 Å². The minimum atomic E-state index is -0.507. The van der Waals surface area contributed by atoms with Gasteiger partial charge in [-0.15, -0.1) is 0 Å². The quantitative estimate of drug-likeness (QED) is 0.696. The van der Waals surface area contributed by atoms with Crippen molar-refractivity contribution in [2.45, 2.75) is 0 Å². The largest absolute Gasteiger partial charge is 0.368 e. The number of rotatable bonds is 1. The Morgan fingerprint density at radius 1 is 1.00 bits per heavy atom. The molecule has 3 rings (SSSR count). The van der Waals surface area contributed by atoms with Crippen LogP contribution in [0.1, 0.15) is 0 Å². The molecular weight excluding hydrogens is 302 g/mol. The third-order valence-corrected chi connectivity index (χ3v) is 3.22. The summed E-state index contributed by atoms with van der Waals surface area (Å²) < 4.78 is 13.2. The average Bonchev–Trinajstić information content (AvgIpc) is 2.41. The molecule has 2 N–H and O–H groups in total. The number of nitrogens with two attached hydrogens (primary N) is 1. The van der Waals surface area contributed by atoms with Crippen LogP contribution in [0.3, 0.4) is 0 Å². The molecule has 0 spiro atoms. The molecule has 3 aromatic rings. The molecule has 4 nitrogen and oxygen atoms in total. The Hall–Kier alpha value is -1.98. The second-order valence-corrected chi connectivity index (χ2v) is 4.86. The molecule has 0 saturated carbocycles. The van der Waals surface area contributed by atoms with E-state index in [1.165, 1.54) is 12.1 Å². The summed E-state index contributed by atoms with van der Waals surface area (Å²) in [6.45, 7) is 0. The van der Waals surface area contributed by atoms with E-state index in [2.05, 4.69) is 15.0 Å². The SMILES string of the molecule is Nc1nc(-c2ccc(F)c(Cl)c2)c2nc(Cl)ccc2n1. The number of hydrogen-bond donors (Lipinski definition) is 1.